The zero-order chi connectivity index (χ0) is 13.9. The normalized spacial score (nSPS) is 10.9. The Morgan fingerprint density at radius 1 is 1.25 bits per heavy atom. The van der Waals surface area contributed by atoms with Crippen molar-refractivity contribution in [2.24, 2.45) is 0 Å². The summed E-state index contributed by atoms with van der Waals surface area (Å²) < 4.78 is 7.66. The van der Waals surface area contributed by atoms with Crippen molar-refractivity contribution in [3.8, 4) is 11.6 Å². The molecule has 102 valence electrons. The molecule has 0 spiro atoms. The van der Waals surface area contributed by atoms with Gasteiger partial charge in [-0.05, 0) is 25.0 Å². The molecule has 0 saturated heterocycles. The topological polar surface area (TPSA) is 72.5 Å². The zero-order valence-corrected chi connectivity index (χ0v) is 11.0. The van der Waals surface area contributed by atoms with Gasteiger partial charge in [0.1, 0.15) is 11.6 Å². The Hall–Kier alpha value is -2.47. The van der Waals surface area contributed by atoms with E-state index in [2.05, 4.69) is 15.2 Å². The number of para-hydroxylation sites is 1. The quantitative estimate of drug-likeness (QED) is 0.782. The summed E-state index contributed by atoms with van der Waals surface area (Å²) in [6.07, 6.45) is 3.97. The fourth-order valence-electron chi connectivity index (χ4n) is 2.03. The number of fused-ring (bicyclic) bond motifs is 1. The fraction of sp³-hybridized carbons (Fsp3) is 0.214. The van der Waals surface area contributed by atoms with Crippen LogP contribution in [0.3, 0.4) is 0 Å². The molecule has 0 radical (unpaired) electrons. The van der Waals surface area contributed by atoms with Crippen LogP contribution < -0.4 is 4.74 Å². The molecule has 0 bridgehead atoms. The van der Waals surface area contributed by atoms with Gasteiger partial charge >= 0.3 is 0 Å². The SMILES string of the molecule is Cc1nnc2c(Oc3ccccc3CCO)nccn12. The van der Waals surface area contributed by atoms with Crippen molar-refractivity contribution in [1.82, 2.24) is 19.6 Å². The second kappa shape index (κ2) is 5.26. The first-order valence-electron chi connectivity index (χ1n) is 6.32. The van der Waals surface area contributed by atoms with E-state index in [4.69, 9.17) is 9.84 Å². The maximum Gasteiger partial charge on any atom is 0.265 e. The van der Waals surface area contributed by atoms with Crippen LogP contribution in [0, 0.1) is 6.92 Å². The molecule has 3 aromatic rings. The molecule has 6 heteroatoms. The zero-order valence-electron chi connectivity index (χ0n) is 11.0. The summed E-state index contributed by atoms with van der Waals surface area (Å²) >= 11 is 0. The van der Waals surface area contributed by atoms with Crippen LogP contribution in [-0.2, 0) is 6.42 Å². The molecule has 0 aliphatic rings. The minimum absolute atomic E-state index is 0.0715. The van der Waals surface area contributed by atoms with Crippen LogP contribution in [0.4, 0.5) is 0 Å². The van der Waals surface area contributed by atoms with Gasteiger partial charge in [-0.25, -0.2) is 4.98 Å². The Kier molecular flexibility index (Phi) is 3.30. The molecular formula is C14H14N4O2. The predicted octanol–water partition coefficient (Wildman–Crippen LogP) is 1.76. The molecule has 0 amide bonds. The van der Waals surface area contributed by atoms with Gasteiger partial charge in [0, 0.05) is 19.0 Å². The molecule has 2 heterocycles. The van der Waals surface area contributed by atoms with Gasteiger partial charge in [-0.3, -0.25) is 4.40 Å². The molecular weight excluding hydrogens is 256 g/mol. The number of nitrogens with zero attached hydrogens (tertiary/aromatic N) is 4. The number of hydrogen-bond donors (Lipinski definition) is 1. The third-order valence-corrected chi connectivity index (χ3v) is 3.03. The number of aliphatic hydroxyl groups is 1. The highest BCUT2D eigenvalue weighted by atomic mass is 16.5. The summed E-state index contributed by atoms with van der Waals surface area (Å²) in [5, 5.41) is 17.2. The van der Waals surface area contributed by atoms with Crippen LogP contribution in [0.5, 0.6) is 11.6 Å². The molecule has 20 heavy (non-hydrogen) atoms. The average Bonchev–Trinajstić information content (AvgIpc) is 2.84. The highest BCUT2D eigenvalue weighted by molar-refractivity contribution is 5.51. The second-order valence-electron chi connectivity index (χ2n) is 4.36. The lowest BCUT2D eigenvalue weighted by Crippen LogP contribution is -1.98. The monoisotopic (exact) mass is 270 g/mol. The van der Waals surface area contributed by atoms with Crippen molar-refractivity contribution in [3.05, 3.63) is 48.0 Å². The van der Waals surface area contributed by atoms with Gasteiger partial charge in [-0.2, -0.15) is 0 Å². The van der Waals surface area contributed by atoms with Crippen molar-refractivity contribution in [2.45, 2.75) is 13.3 Å². The number of aromatic nitrogens is 4. The molecule has 0 aliphatic heterocycles. The molecule has 0 atom stereocenters. The minimum Gasteiger partial charge on any atom is -0.436 e. The summed E-state index contributed by atoms with van der Waals surface area (Å²) in [5.74, 6) is 1.84. The van der Waals surface area contributed by atoms with Gasteiger partial charge < -0.3 is 9.84 Å². The first-order chi connectivity index (χ1) is 9.79. The molecule has 6 nitrogen and oxygen atoms in total. The number of benzene rings is 1. The first-order valence-corrected chi connectivity index (χ1v) is 6.32. The van der Waals surface area contributed by atoms with Crippen molar-refractivity contribution in [1.29, 1.82) is 0 Å². The molecule has 0 fully saturated rings. The Balaban J connectivity index is 2.01. The summed E-state index contributed by atoms with van der Waals surface area (Å²) in [6.45, 7) is 1.94. The van der Waals surface area contributed by atoms with Crippen molar-refractivity contribution < 1.29 is 9.84 Å². The van der Waals surface area contributed by atoms with Crippen LogP contribution in [-0.4, -0.2) is 31.3 Å². The molecule has 3 rings (SSSR count). The van der Waals surface area contributed by atoms with E-state index in [1.54, 1.807) is 12.4 Å². The van der Waals surface area contributed by atoms with Crippen LogP contribution in [0.25, 0.3) is 5.65 Å². The van der Waals surface area contributed by atoms with Gasteiger partial charge in [-0.1, -0.05) is 18.2 Å². The molecule has 1 aromatic carbocycles. The highest BCUT2D eigenvalue weighted by Gasteiger charge is 2.11. The van der Waals surface area contributed by atoms with Gasteiger partial charge in [0.05, 0.1) is 0 Å². The lowest BCUT2D eigenvalue weighted by Gasteiger charge is -2.09. The lowest BCUT2D eigenvalue weighted by molar-refractivity contribution is 0.297. The number of aryl methyl sites for hydroxylation is 1. The van der Waals surface area contributed by atoms with Crippen LogP contribution >= 0.6 is 0 Å². The Morgan fingerprint density at radius 3 is 2.95 bits per heavy atom. The van der Waals surface area contributed by atoms with E-state index in [0.717, 1.165) is 11.4 Å². The number of hydrogen-bond acceptors (Lipinski definition) is 5. The van der Waals surface area contributed by atoms with E-state index in [1.807, 2.05) is 35.6 Å². The predicted molar refractivity (Wildman–Crippen MR) is 72.8 cm³/mol. The van der Waals surface area contributed by atoms with E-state index >= 15 is 0 Å². The minimum atomic E-state index is 0.0715. The largest absolute Gasteiger partial charge is 0.436 e. The third kappa shape index (κ3) is 2.21. The van der Waals surface area contributed by atoms with E-state index in [-0.39, 0.29) is 6.61 Å². The smallest absolute Gasteiger partial charge is 0.265 e. The molecule has 0 unspecified atom stereocenters. The Bertz CT molecular complexity index is 739. The van der Waals surface area contributed by atoms with Gasteiger partial charge in [0.15, 0.2) is 0 Å². The van der Waals surface area contributed by atoms with Gasteiger partial charge in [-0.15, -0.1) is 10.2 Å². The summed E-state index contributed by atoms with van der Waals surface area (Å²) in [4.78, 5) is 4.21. The lowest BCUT2D eigenvalue weighted by atomic mass is 10.1. The maximum atomic E-state index is 9.09. The molecule has 0 aliphatic carbocycles. The van der Waals surface area contributed by atoms with Crippen molar-refractivity contribution in [3.63, 3.8) is 0 Å². The van der Waals surface area contributed by atoms with Crippen molar-refractivity contribution >= 4 is 5.65 Å². The van der Waals surface area contributed by atoms with Crippen LogP contribution in [0.1, 0.15) is 11.4 Å². The van der Waals surface area contributed by atoms with Gasteiger partial charge in [0.2, 0.25) is 5.65 Å². The highest BCUT2D eigenvalue weighted by Crippen LogP contribution is 2.26. The number of ether oxygens (including phenoxy) is 1. The maximum absolute atomic E-state index is 9.09. The van der Waals surface area contributed by atoms with Gasteiger partial charge in [0.25, 0.3) is 5.88 Å². The Morgan fingerprint density at radius 2 is 2.10 bits per heavy atom. The fourth-order valence-corrected chi connectivity index (χ4v) is 2.03. The molecule has 2 aromatic heterocycles. The summed E-state index contributed by atoms with van der Waals surface area (Å²) in [7, 11) is 0. The van der Waals surface area contributed by atoms with Crippen LogP contribution in [0.2, 0.25) is 0 Å². The van der Waals surface area contributed by atoms with E-state index in [0.29, 0.717) is 23.7 Å². The summed E-state index contributed by atoms with van der Waals surface area (Å²) in [5.41, 5.74) is 1.50. The second-order valence-corrected chi connectivity index (χ2v) is 4.36. The average molecular weight is 270 g/mol. The summed E-state index contributed by atoms with van der Waals surface area (Å²) in [6, 6.07) is 7.55. The number of rotatable bonds is 4. The third-order valence-electron chi connectivity index (χ3n) is 3.03. The van der Waals surface area contributed by atoms with E-state index in [9.17, 15) is 0 Å². The van der Waals surface area contributed by atoms with E-state index < -0.39 is 0 Å². The van der Waals surface area contributed by atoms with Crippen molar-refractivity contribution in [2.75, 3.05) is 6.61 Å². The Labute approximate surface area is 115 Å². The first kappa shape index (κ1) is 12.6. The molecule has 1 N–H and O–H groups in total. The van der Waals surface area contributed by atoms with E-state index in [1.165, 1.54) is 0 Å². The molecule has 0 saturated carbocycles. The van der Waals surface area contributed by atoms with Crippen LogP contribution in [0.15, 0.2) is 36.7 Å². The number of aliphatic hydroxyl groups excluding tert-OH is 1. The standard InChI is InChI=1S/C14H14N4O2/c1-10-16-17-13-14(15-7-8-18(10)13)20-12-5-3-2-4-11(12)6-9-19/h2-5,7-8,19H,6,9H2,1H3.